The average Bonchev–Trinajstić information content (AvgIpc) is 3.33. The van der Waals surface area contributed by atoms with Gasteiger partial charge in [-0.15, -0.1) is 10.2 Å². The Kier molecular flexibility index (Phi) is 8.70. The van der Waals surface area contributed by atoms with Crippen molar-refractivity contribution in [2.45, 2.75) is 66.2 Å². The van der Waals surface area contributed by atoms with Crippen molar-refractivity contribution in [2.75, 3.05) is 25.1 Å². The van der Waals surface area contributed by atoms with Crippen LogP contribution in [0.4, 0.5) is 5.69 Å². The fourth-order valence-corrected chi connectivity index (χ4v) is 3.34. The van der Waals surface area contributed by atoms with Gasteiger partial charge in [0.25, 0.3) is 0 Å². The Morgan fingerprint density at radius 3 is 2.71 bits per heavy atom. The summed E-state index contributed by atoms with van der Waals surface area (Å²) in [7, 11) is 0. The monoisotopic (exact) mass is 428 g/mol. The lowest BCUT2D eigenvalue weighted by Gasteiger charge is -2.14. The average molecular weight is 429 g/mol. The van der Waals surface area contributed by atoms with Crippen LogP contribution in [0, 0.1) is 5.92 Å². The van der Waals surface area contributed by atoms with E-state index < -0.39 is 0 Å². The summed E-state index contributed by atoms with van der Waals surface area (Å²) >= 11 is 0. The van der Waals surface area contributed by atoms with E-state index in [1.165, 1.54) is 0 Å². The maximum Gasteiger partial charge on any atom is 0.196 e. The third kappa shape index (κ3) is 7.54. The van der Waals surface area contributed by atoms with Crippen molar-refractivity contribution >= 4 is 11.6 Å². The fraction of sp³-hybridized carbons (Fsp3) is 0.609. The molecule has 8 heteroatoms. The summed E-state index contributed by atoms with van der Waals surface area (Å²) in [6.45, 7) is 12.1. The SMILES string of the molecule is CC(C)COCCCNC(=NCc1nnc2n1CCC2)Nc1ccc(OC(C)C)cc1. The van der Waals surface area contributed by atoms with E-state index in [2.05, 4.69) is 39.2 Å². The van der Waals surface area contributed by atoms with E-state index in [0.717, 1.165) is 74.6 Å². The standard InChI is InChI=1S/C23H36N6O2/c1-17(2)16-30-14-6-12-24-23(25-15-22-28-27-21-7-5-13-29(21)22)26-19-8-10-20(11-9-19)31-18(3)4/h8-11,17-18H,5-7,12-16H2,1-4H3,(H2,24,25,26). The number of aryl methyl sites for hydroxylation is 1. The Labute approximate surface area is 185 Å². The topological polar surface area (TPSA) is 85.6 Å². The maximum absolute atomic E-state index is 5.73. The summed E-state index contributed by atoms with van der Waals surface area (Å²) in [6.07, 6.45) is 3.20. The molecular weight excluding hydrogens is 392 g/mol. The third-order valence-corrected chi connectivity index (χ3v) is 4.76. The van der Waals surface area contributed by atoms with Crippen LogP contribution >= 0.6 is 0 Å². The van der Waals surface area contributed by atoms with Crippen LogP contribution in [0.2, 0.25) is 0 Å². The van der Waals surface area contributed by atoms with Crippen LogP contribution < -0.4 is 15.4 Å². The molecule has 0 unspecified atom stereocenters. The molecule has 8 nitrogen and oxygen atoms in total. The van der Waals surface area contributed by atoms with Crippen molar-refractivity contribution in [3.63, 3.8) is 0 Å². The number of aliphatic imine (C=N–C) groups is 1. The van der Waals surface area contributed by atoms with Gasteiger partial charge in [-0.05, 0) is 56.9 Å². The van der Waals surface area contributed by atoms with Gasteiger partial charge in [0.15, 0.2) is 11.8 Å². The molecule has 1 aromatic heterocycles. The molecule has 2 N–H and O–H groups in total. The molecule has 0 saturated heterocycles. The zero-order valence-electron chi connectivity index (χ0n) is 19.2. The quantitative estimate of drug-likeness (QED) is 0.323. The molecule has 2 aromatic rings. The van der Waals surface area contributed by atoms with Gasteiger partial charge >= 0.3 is 0 Å². The Balaban J connectivity index is 1.59. The highest BCUT2D eigenvalue weighted by Crippen LogP contribution is 2.17. The van der Waals surface area contributed by atoms with Crippen molar-refractivity contribution in [1.29, 1.82) is 0 Å². The summed E-state index contributed by atoms with van der Waals surface area (Å²) in [5, 5.41) is 15.4. The van der Waals surface area contributed by atoms with Crippen LogP contribution in [0.3, 0.4) is 0 Å². The number of anilines is 1. The number of guanidine groups is 1. The number of ether oxygens (including phenoxy) is 2. The van der Waals surface area contributed by atoms with Gasteiger partial charge in [-0.25, -0.2) is 4.99 Å². The number of aromatic nitrogens is 3. The van der Waals surface area contributed by atoms with Crippen LogP contribution in [-0.4, -0.2) is 46.6 Å². The minimum atomic E-state index is 0.153. The lowest BCUT2D eigenvalue weighted by molar-refractivity contribution is 0.108. The molecule has 0 saturated carbocycles. The van der Waals surface area contributed by atoms with E-state index in [1.54, 1.807) is 0 Å². The van der Waals surface area contributed by atoms with Crippen LogP contribution in [-0.2, 0) is 24.2 Å². The molecule has 0 spiro atoms. The summed E-state index contributed by atoms with van der Waals surface area (Å²) in [6, 6.07) is 7.92. The lowest BCUT2D eigenvalue weighted by atomic mass is 10.2. The van der Waals surface area contributed by atoms with Crippen molar-refractivity contribution in [3.8, 4) is 5.75 Å². The number of fused-ring (bicyclic) bond motifs is 1. The Morgan fingerprint density at radius 2 is 1.97 bits per heavy atom. The van der Waals surface area contributed by atoms with Crippen molar-refractivity contribution in [1.82, 2.24) is 20.1 Å². The molecule has 2 heterocycles. The Hall–Kier alpha value is -2.61. The molecule has 1 aromatic carbocycles. The van der Waals surface area contributed by atoms with Crippen LogP contribution in [0.15, 0.2) is 29.3 Å². The molecule has 0 aliphatic carbocycles. The van der Waals surface area contributed by atoms with E-state index >= 15 is 0 Å². The van der Waals surface area contributed by atoms with E-state index in [9.17, 15) is 0 Å². The van der Waals surface area contributed by atoms with Gasteiger partial charge in [0.1, 0.15) is 18.1 Å². The van der Waals surface area contributed by atoms with Crippen molar-refractivity contribution < 1.29 is 9.47 Å². The molecule has 0 radical (unpaired) electrons. The minimum absolute atomic E-state index is 0.153. The molecule has 1 aliphatic rings. The highest BCUT2D eigenvalue weighted by atomic mass is 16.5. The van der Waals surface area contributed by atoms with Crippen LogP contribution in [0.1, 0.15) is 52.2 Å². The first-order chi connectivity index (χ1) is 15.0. The predicted octanol–water partition coefficient (Wildman–Crippen LogP) is 3.63. The summed E-state index contributed by atoms with van der Waals surface area (Å²) in [4.78, 5) is 4.75. The maximum atomic E-state index is 5.73. The highest BCUT2D eigenvalue weighted by molar-refractivity contribution is 5.93. The molecule has 31 heavy (non-hydrogen) atoms. The summed E-state index contributed by atoms with van der Waals surface area (Å²) in [5.41, 5.74) is 0.949. The second kappa shape index (κ2) is 11.7. The van der Waals surface area contributed by atoms with E-state index in [1.807, 2.05) is 38.1 Å². The van der Waals surface area contributed by atoms with Gasteiger partial charge in [0, 0.05) is 38.4 Å². The van der Waals surface area contributed by atoms with Crippen molar-refractivity contribution in [3.05, 3.63) is 35.9 Å². The number of benzene rings is 1. The molecular formula is C23H36N6O2. The van der Waals surface area contributed by atoms with Crippen molar-refractivity contribution in [2.24, 2.45) is 10.9 Å². The molecule has 0 bridgehead atoms. The smallest absolute Gasteiger partial charge is 0.196 e. The zero-order chi connectivity index (χ0) is 22.1. The van der Waals surface area contributed by atoms with E-state index in [-0.39, 0.29) is 6.10 Å². The van der Waals surface area contributed by atoms with Crippen LogP contribution in [0.5, 0.6) is 5.75 Å². The highest BCUT2D eigenvalue weighted by Gasteiger charge is 2.16. The number of rotatable bonds is 11. The normalized spacial score (nSPS) is 13.7. The van der Waals surface area contributed by atoms with Gasteiger partial charge in [-0.1, -0.05) is 13.8 Å². The largest absolute Gasteiger partial charge is 0.491 e. The van der Waals surface area contributed by atoms with Gasteiger partial charge in [0.05, 0.1) is 6.10 Å². The predicted molar refractivity (Wildman–Crippen MR) is 124 cm³/mol. The number of nitrogens with zero attached hydrogens (tertiary/aromatic N) is 4. The van der Waals surface area contributed by atoms with E-state index in [4.69, 9.17) is 14.5 Å². The zero-order valence-corrected chi connectivity index (χ0v) is 19.2. The van der Waals surface area contributed by atoms with Gasteiger partial charge < -0.3 is 24.7 Å². The van der Waals surface area contributed by atoms with Gasteiger partial charge in [-0.3, -0.25) is 0 Å². The van der Waals surface area contributed by atoms with E-state index in [0.29, 0.717) is 12.5 Å². The second-order valence-corrected chi connectivity index (χ2v) is 8.52. The van der Waals surface area contributed by atoms with Crippen LogP contribution in [0.25, 0.3) is 0 Å². The first-order valence-electron chi connectivity index (χ1n) is 11.3. The molecule has 170 valence electrons. The lowest BCUT2D eigenvalue weighted by Crippen LogP contribution is -2.32. The Morgan fingerprint density at radius 1 is 1.16 bits per heavy atom. The molecule has 1 aliphatic heterocycles. The Bertz CT molecular complexity index is 829. The summed E-state index contributed by atoms with van der Waals surface area (Å²) in [5.74, 6) is 4.11. The molecule has 3 rings (SSSR count). The van der Waals surface area contributed by atoms with Gasteiger partial charge in [0.2, 0.25) is 0 Å². The number of hydrogen-bond acceptors (Lipinski definition) is 5. The summed E-state index contributed by atoms with van der Waals surface area (Å²) < 4.78 is 13.6. The number of nitrogens with one attached hydrogen (secondary N) is 2. The number of hydrogen-bond donors (Lipinski definition) is 2. The molecule has 0 amide bonds. The molecule has 0 fully saturated rings. The van der Waals surface area contributed by atoms with Gasteiger partial charge in [-0.2, -0.15) is 0 Å². The molecule has 0 atom stereocenters. The first kappa shape index (κ1) is 23.1. The minimum Gasteiger partial charge on any atom is -0.491 e. The fourth-order valence-electron chi connectivity index (χ4n) is 3.34. The second-order valence-electron chi connectivity index (χ2n) is 8.52. The third-order valence-electron chi connectivity index (χ3n) is 4.76. The first-order valence-corrected chi connectivity index (χ1v) is 11.3.